The van der Waals surface area contributed by atoms with Crippen molar-refractivity contribution in [2.45, 2.75) is 20.0 Å². The summed E-state index contributed by atoms with van der Waals surface area (Å²) in [4.78, 5) is 16.1. The number of hydrogen-bond donors (Lipinski definition) is 0. The molecule has 25 heavy (non-hydrogen) atoms. The Bertz CT molecular complexity index is 974. The summed E-state index contributed by atoms with van der Waals surface area (Å²) in [6, 6.07) is 8.57. The van der Waals surface area contributed by atoms with Gasteiger partial charge in [0, 0.05) is 0 Å². The number of hydrogen-bond acceptors (Lipinski definition) is 3. The molecule has 2 aromatic carbocycles. The zero-order valence-electron chi connectivity index (χ0n) is 13.8. The number of aromatic nitrogens is 2. The molecule has 0 aliphatic carbocycles. The van der Waals surface area contributed by atoms with Crippen molar-refractivity contribution >= 4 is 17.0 Å². The Labute approximate surface area is 141 Å². The lowest BCUT2D eigenvalue weighted by Gasteiger charge is -2.13. The lowest BCUT2D eigenvalue weighted by molar-refractivity contribution is -0.137. The summed E-state index contributed by atoms with van der Waals surface area (Å²) in [5, 5.41) is 0. The number of aryl methyl sites for hydroxylation is 1. The molecule has 0 aliphatic heterocycles. The van der Waals surface area contributed by atoms with Crippen LogP contribution in [-0.2, 0) is 10.9 Å². The molecule has 0 radical (unpaired) electrons. The Hall–Kier alpha value is -2.83. The number of benzene rings is 2. The topological polar surface area (TPSA) is 44.1 Å². The van der Waals surface area contributed by atoms with Crippen molar-refractivity contribution in [1.29, 1.82) is 0 Å². The molecule has 130 valence electrons. The number of rotatable bonds is 2. The van der Waals surface area contributed by atoms with Gasteiger partial charge in [0.15, 0.2) is 0 Å². The van der Waals surface area contributed by atoms with Crippen molar-refractivity contribution in [3.8, 4) is 5.69 Å². The Morgan fingerprint density at radius 1 is 1.16 bits per heavy atom. The lowest BCUT2D eigenvalue weighted by Crippen LogP contribution is -2.08. The van der Waals surface area contributed by atoms with Crippen LogP contribution in [0.2, 0.25) is 0 Å². The monoisotopic (exact) mass is 348 g/mol. The number of carbonyl (C=O) groups excluding carboxylic acids is 1. The highest BCUT2D eigenvalue weighted by Gasteiger charge is 2.31. The highest BCUT2D eigenvalue weighted by atomic mass is 19.4. The first-order valence-electron chi connectivity index (χ1n) is 7.48. The molecule has 3 aromatic rings. The molecule has 0 saturated heterocycles. The molecule has 0 N–H and O–H groups in total. The zero-order chi connectivity index (χ0) is 18.4. The van der Waals surface area contributed by atoms with Crippen molar-refractivity contribution in [2.24, 2.45) is 0 Å². The van der Waals surface area contributed by atoms with Gasteiger partial charge < -0.3 is 4.74 Å². The second-order valence-corrected chi connectivity index (χ2v) is 5.64. The largest absolute Gasteiger partial charge is 0.465 e. The maximum atomic E-state index is 12.9. The summed E-state index contributed by atoms with van der Waals surface area (Å²) in [6.07, 6.45) is -4.42. The van der Waals surface area contributed by atoms with Crippen molar-refractivity contribution in [3.05, 3.63) is 58.9 Å². The standard InChI is InChI=1S/C18H15F3N2O2/c1-10-13(17(24)25-3)5-4-6-15(10)23-11(2)22-14-9-12(18(19,20)21)7-8-16(14)23/h4-9H,1-3H3. The van der Waals surface area contributed by atoms with Crippen LogP contribution in [0.15, 0.2) is 36.4 Å². The van der Waals surface area contributed by atoms with Crippen molar-refractivity contribution < 1.29 is 22.7 Å². The van der Waals surface area contributed by atoms with Crippen LogP contribution in [-0.4, -0.2) is 22.6 Å². The maximum absolute atomic E-state index is 12.9. The van der Waals surface area contributed by atoms with Gasteiger partial charge in [-0.1, -0.05) is 6.07 Å². The second kappa shape index (κ2) is 5.91. The average molecular weight is 348 g/mol. The molecule has 0 saturated carbocycles. The summed E-state index contributed by atoms with van der Waals surface area (Å²) >= 11 is 0. The van der Waals surface area contributed by atoms with E-state index in [1.54, 1.807) is 36.6 Å². The molecule has 0 spiro atoms. The Balaban J connectivity index is 2.24. The molecule has 1 aromatic heterocycles. The number of alkyl halides is 3. The molecule has 3 rings (SSSR count). The van der Waals surface area contributed by atoms with Gasteiger partial charge in [0.25, 0.3) is 0 Å². The van der Waals surface area contributed by atoms with Gasteiger partial charge in [-0.15, -0.1) is 0 Å². The van der Waals surface area contributed by atoms with E-state index in [-0.39, 0.29) is 5.52 Å². The number of imidazole rings is 1. The summed E-state index contributed by atoms with van der Waals surface area (Å²) in [7, 11) is 1.30. The molecule has 0 unspecified atom stereocenters. The minimum Gasteiger partial charge on any atom is -0.465 e. The van der Waals surface area contributed by atoms with Gasteiger partial charge >= 0.3 is 12.1 Å². The third kappa shape index (κ3) is 2.86. The van der Waals surface area contributed by atoms with Crippen LogP contribution >= 0.6 is 0 Å². The molecule has 0 amide bonds. The molecule has 0 aliphatic rings. The molecular formula is C18H15F3N2O2. The van der Waals surface area contributed by atoms with E-state index in [4.69, 9.17) is 4.74 Å². The van der Waals surface area contributed by atoms with E-state index in [0.29, 0.717) is 28.2 Å². The number of nitrogens with zero attached hydrogens (tertiary/aromatic N) is 2. The van der Waals surface area contributed by atoms with Gasteiger partial charge in [0.2, 0.25) is 0 Å². The van der Waals surface area contributed by atoms with Crippen molar-refractivity contribution in [2.75, 3.05) is 7.11 Å². The highest BCUT2D eigenvalue weighted by molar-refractivity contribution is 5.92. The quantitative estimate of drug-likeness (QED) is 0.643. The van der Waals surface area contributed by atoms with Crippen LogP contribution < -0.4 is 0 Å². The summed E-state index contributed by atoms with van der Waals surface area (Å²) in [5.74, 6) is 0.0558. The van der Waals surface area contributed by atoms with Crippen LogP contribution in [0.5, 0.6) is 0 Å². The molecule has 4 nitrogen and oxygen atoms in total. The van der Waals surface area contributed by atoms with Gasteiger partial charge in [0.05, 0.1) is 35.0 Å². The van der Waals surface area contributed by atoms with E-state index in [0.717, 1.165) is 12.1 Å². The molecule has 7 heteroatoms. The summed E-state index contributed by atoms with van der Waals surface area (Å²) in [6.45, 7) is 3.47. The fourth-order valence-electron chi connectivity index (χ4n) is 2.88. The molecule has 0 atom stereocenters. The van der Waals surface area contributed by atoms with E-state index < -0.39 is 17.7 Å². The number of ether oxygens (including phenoxy) is 1. The SMILES string of the molecule is COC(=O)c1cccc(-n2c(C)nc3cc(C(F)(F)F)ccc32)c1C. The Kier molecular flexibility index (Phi) is 4.02. The lowest BCUT2D eigenvalue weighted by atomic mass is 10.1. The van der Waals surface area contributed by atoms with Crippen LogP contribution in [0.4, 0.5) is 13.2 Å². The average Bonchev–Trinajstić information content (AvgIpc) is 2.88. The number of methoxy groups -OCH3 is 1. The smallest absolute Gasteiger partial charge is 0.416 e. The number of carbonyl (C=O) groups is 1. The fourth-order valence-corrected chi connectivity index (χ4v) is 2.88. The Morgan fingerprint density at radius 3 is 2.52 bits per heavy atom. The van der Waals surface area contributed by atoms with E-state index in [9.17, 15) is 18.0 Å². The fraction of sp³-hybridized carbons (Fsp3) is 0.222. The van der Waals surface area contributed by atoms with Gasteiger partial charge in [-0.2, -0.15) is 13.2 Å². The molecule has 0 fully saturated rings. The van der Waals surface area contributed by atoms with Gasteiger partial charge in [-0.3, -0.25) is 4.57 Å². The number of fused-ring (bicyclic) bond motifs is 1. The van der Waals surface area contributed by atoms with Crippen LogP contribution in [0.25, 0.3) is 16.7 Å². The van der Waals surface area contributed by atoms with Crippen LogP contribution in [0.1, 0.15) is 27.3 Å². The summed E-state index contributed by atoms with van der Waals surface area (Å²) < 4.78 is 45.2. The molecule has 0 bridgehead atoms. The second-order valence-electron chi connectivity index (χ2n) is 5.64. The first-order chi connectivity index (χ1) is 11.7. The number of halogens is 3. The van der Waals surface area contributed by atoms with Crippen molar-refractivity contribution in [1.82, 2.24) is 9.55 Å². The van der Waals surface area contributed by atoms with E-state index in [2.05, 4.69) is 4.98 Å². The zero-order valence-corrected chi connectivity index (χ0v) is 13.8. The van der Waals surface area contributed by atoms with E-state index in [1.807, 2.05) is 0 Å². The maximum Gasteiger partial charge on any atom is 0.416 e. The summed E-state index contributed by atoms with van der Waals surface area (Å²) in [5.41, 5.74) is 1.77. The third-order valence-corrected chi connectivity index (χ3v) is 4.10. The normalized spacial score (nSPS) is 11.8. The van der Waals surface area contributed by atoms with Crippen LogP contribution in [0.3, 0.4) is 0 Å². The minimum absolute atomic E-state index is 0.246. The predicted octanol–water partition coefficient (Wildman–Crippen LogP) is 4.45. The van der Waals surface area contributed by atoms with Gasteiger partial charge in [-0.05, 0) is 49.7 Å². The van der Waals surface area contributed by atoms with Crippen LogP contribution in [0, 0.1) is 13.8 Å². The highest BCUT2D eigenvalue weighted by Crippen LogP contribution is 2.33. The predicted molar refractivity (Wildman–Crippen MR) is 86.9 cm³/mol. The molecule has 1 heterocycles. The minimum atomic E-state index is -4.42. The first-order valence-corrected chi connectivity index (χ1v) is 7.48. The van der Waals surface area contributed by atoms with Gasteiger partial charge in [-0.25, -0.2) is 9.78 Å². The van der Waals surface area contributed by atoms with E-state index in [1.165, 1.54) is 13.2 Å². The number of esters is 1. The Morgan fingerprint density at radius 2 is 1.88 bits per heavy atom. The van der Waals surface area contributed by atoms with E-state index >= 15 is 0 Å². The van der Waals surface area contributed by atoms with Gasteiger partial charge in [0.1, 0.15) is 5.82 Å². The first kappa shape index (κ1) is 17.0. The molecular weight excluding hydrogens is 333 g/mol. The van der Waals surface area contributed by atoms with Crippen molar-refractivity contribution in [3.63, 3.8) is 0 Å². The third-order valence-electron chi connectivity index (χ3n) is 4.10.